The Kier molecular flexibility index (Phi) is 3.89. The van der Waals surface area contributed by atoms with Gasteiger partial charge in [-0.3, -0.25) is 0 Å². The van der Waals surface area contributed by atoms with Gasteiger partial charge in [-0.2, -0.15) is 0 Å². The lowest BCUT2D eigenvalue weighted by molar-refractivity contribution is -0.107. The first-order valence-corrected chi connectivity index (χ1v) is 5.23. The molecule has 2 heteroatoms. The van der Waals surface area contributed by atoms with Crippen molar-refractivity contribution in [1.29, 1.82) is 0 Å². The molecule has 2 nitrogen and oxygen atoms in total. The number of benzene rings is 1. The first-order valence-electron chi connectivity index (χ1n) is 5.23. The molecular formula is C13H18O2. The van der Waals surface area contributed by atoms with E-state index in [1.54, 1.807) is 0 Å². The van der Waals surface area contributed by atoms with E-state index in [-0.39, 0.29) is 5.60 Å². The monoisotopic (exact) mass is 206 g/mol. The fraction of sp³-hybridized carbons (Fsp3) is 0.462. The Morgan fingerprint density at radius 3 is 2.53 bits per heavy atom. The molecule has 1 rings (SSSR count). The van der Waals surface area contributed by atoms with Gasteiger partial charge in [0, 0.05) is 6.42 Å². The number of ether oxygens (including phenoxy) is 1. The van der Waals surface area contributed by atoms with Crippen molar-refractivity contribution >= 4 is 6.29 Å². The third kappa shape index (κ3) is 4.15. The van der Waals surface area contributed by atoms with Gasteiger partial charge in [-0.1, -0.05) is 18.2 Å². The van der Waals surface area contributed by atoms with Gasteiger partial charge >= 0.3 is 0 Å². The molecule has 0 aliphatic heterocycles. The molecule has 1 aromatic carbocycles. The summed E-state index contributed by atoms with van der Waals surface area (Å²) in [7, 11) is 0. The average Bonchev–Trinajstić information content (AvgIpc) is 2.14. The maximum Gasteiger partial charge on any atom is 0.123 e. The molecule has 15 heavy (non-hydrogen) atoms. The van der Waals surface area contributed by atoms with E-state index in [9.17, 15) is 4.79 Å². The van der Waals surface area contributed by atoms with Crippen LogP contribution in [0.3, 0.4) is 0 Å². The number of rotatable bonds is 4. The maximum absolute atomic E-state index is 10.3. The van der Waals surface area contributed by atoms with Crippen molar-refractivity contribution in [2.75, 3.05) is 0 Å². The van der Waals surface area contributed by atoms with Crippen molar-refractivity contribution in [1.82, 2.24) is 0 Å². The first-order chi connectivity index (χ1) is 7.03. The predicted molar refractivity (Wildman–Crippen MR) is 61.2 cm³/mol. The zero-order valence-electron chi connectivity index (χ0n) is 9.62. The highest BCUT2D eigenvalue weighted by atomic mass is 16.5. The smallest absolute Gasteiger partial charge is 0.123 e. The van der Waals surface area contributed by atoms with E-state index in [0.717, 1.165) is 24.0 Å². The van der Waals surface area contributed by atoms with Gasteiger partial charge in [0.25, 0.3) is 0 Å². The van der Waals surface area contributed by atoms with Crippen LogP contribution >= 0.6 is 0 Å². The van der Waals surface area contributed by atoms with Gasteiger partial charge in [0.05, 0.1) is 0 Å². The SMILES string of the molecule is CC(C)(C)Oc1ccccc1CCC=O. The number of hydrogen-bond donors (Lipinski definition) is 0. The number of carbonyl (C=O) groups is 1. The van der Waals surface area contributed by atoms with Crippen LogP contribution < -0.4 is 4.74 Å². The molecule has 0 radical (unpaired) electrons. The van der Waals surface area contributed by atoms with E-state index in [1.165, 1.54) is 0 Å². The molecule has 0 aliphatic rings. The Labute approximate surface area is 91.3 Å². The third-order valence-electron chi connectivity index (χ3n) is 1.92. The lowest BCUT2D eigenvalue weighted by atomic mass is 10.1. The Balaban J connectivity index is 2.81. The molecule has 0 aliphatic carbocycles. The minimum atomic E-state index is -0.197. The van der Waals surface area contributed by atoms with Gasteiger partial charge in [-0.15, -0.1) is 0 Å². The second-order valence-corrected chi connectivity index (χ2v) is 4.53. The molecule has 0 aromatic heterocycles. The van der Waals surface area contributed by atoms with E-state index in [1.807, 2.05) is 45.0 Å². The van der Waals surface area contributed by atoms with Crippen LogP contribution in [0.25, 0.3) is 0 Å². The summed E-state index contributed by atoms with van der Waals surface area (Å²) < 4.78 is 5.81. The van der Waals surface area contributed by atoms with Crippen molar-refractivity contribution in [3.05, 3.63) is 29.8 Å². The number of aldehydes is 1. The minimum Gasteiger partial charge on any atom is -0.488 e. The summed E-state index contributed by atoms with van der Waals surface area (Å²) in [6, 6.07) is 7.87. The van der Waals surface area contributed by atoms with Crippen molar-refractivity contribution in [3.63, 3.8) is 0 Å². The van der Waals surface area contributed by atoms with E-state index in [4.69, 9.17) is 4.74 Å². The molecule has 1 aromatic rings. The standard InChI is InChI=1S/C13H18O2/c1-13(2,3)15-12-9-5-4-7-11(12)8-6-10-14/h4-5,7,9-10H,6,8H2,1-3H3. The van der Waals surface area contributed by atoms with Gasteiger partial charge in [-0.05, 0) is 38.8 Å². The van der Waals surface area contributed by atoms with Crippen LogP contribution in [0.2, 0.25) is 0 Å². The summed E-state index contributed by atoms with van der Waals surface area (Å²) in [5.41, 5.74) is 0.900. The van der Waals surface area contributed by atoms with Crippen molar-refractivity contribution in [2.45, 2.75) is 39.2 Å². The number of carbonyl (C=O) groups excluding carboxylic acids is 1. The van der Waals surface area contributed by atoms with Gasteiger partial charge < -0.3 is 9.53 Å². The van der Waals surface area contributed by atoms with Crippen LogP contribution in [0, 0.1) is 0 Å². The lowest BCUT2D eigenvalue weighted by Crippen LogP contribution is -2.23. The Morgan fingerprint density at radius 2 is 1.93 bits per heavy atom. The molecule has 0 spiro atoms. The minimum absolute atomic E-state index is 0.197. The molecule has 0 N–H and O–H groups in total. The molecule has 82 valence electrons. The first kappa shape index (κ1) is 11.8. The van der Waals surface area contributed by atoms with E-state index in [2.05, 4.69) is 0 Å². The summed E-state index contributed by atoms with van der Waals surface area (Å²) in [4.78, 5) is 10.3. The largest absolute Gasteiger partial charge is 0.488 e. The molecule has 0 atom stereocenters. The van der Waals surface area contributed by atoms with Crippen LogP contribution in [0.1, 0.15) is 32.8 Å². The third-order valence-corrected chi connectivity index (χ3v) is 1.92. The fourth-order valence-corrected chi connectivity index (χ4v) is 1.35. The summed E-state index contributed by atoms with van der Waals surface area (Å²) in [5, 5.41) is 0. The molecule has 0 bridgehead atoms. The van der Waals surface area contributed by atoms with Gasteiger partial charge in [0.2, 0.25) is 0 Å². The Hall–Kier alpha value is -1.31. The second kappa shape index (κ2) is 4.96. The fourth-order valence-electron chi connectivity index (χ4n) is 1.35. The van der Waals surface area contributed by atoms with Crippen LogP contribution in [0.4, 0.5) is 0 Å². The molecule has 0 heterocycles. The molecule has 0 amide bonds. The second-order valence-electron chi connectivity index (χ2n) is 4.53. The normalized spacial score (nSPS) is 11.1. The van der Waals surface area contributed by atoms with Gasteiger partial charge in [0.15, 0.2) is 0 Å². The highest BCUT2D eigenvalue weighted by molar-refractivity contribution is 5.50. The maximum atomic E-state index is 10.3. The van der Waals surface area contributed by atoms with Crippen molar-refractivity contribution in [2.24, 2.45) is 0 Å². The Bertz CT molecular complexity index is 324. The zero-order chi connectivity index (χ0) is 11.3. The van der Waals surface area contributed by atoms with Crippen LogP contribution in [-0.2, 0) is 11.2 Å². The summed E-state index contributed by atoms with van der Waals surface area (Å²) in [5.74, 6) is 0.881. The van der Waals surface area contributed by atoms with Gasteiger partial charge in [0.1, 0.15) is 17.6 Å². The average molecular weight is 206 g/mol. The molecule has 0 fully saturated rings. The summed E-state index contributed by atoms with van der Waals surface area (Å²) in [6.07, 6.45) is 2.23. The summed E-state index contributed by atoms with van der Waals surface area (Å²) >= 11 is 0. The van der Waals surface area contributed by atoms with Crippen LogP contribution in [0.5, 0.6) is 5.75 Å². The summed E-state index contributed by atoms with van der Waals surface area (Å²) in [6.45, 7) is 6.05. The predicted octanol–water partition coefficient (Wildman–Crippen LogP) is 3.00. The topological polar surface area (TPSA) is 26.3 Å². The highest BCUT2D eigenvalue weighted by Crippen LogP contribution is 2.23. The Morgan fingerprint density at radius 1 is 1.27 bits per heavy atom. The van der Waals surface area contributed by atoms with E-state index < -0.39 is 0 Å². The number of aryl methyl sites for hydroxylation is 1. The zero-order valence-corrected chi connectivity index (χ0v) is 9.62. The van der Waals surface area contributed by atoms with Crippen LogP contribution in [-0.4, -0.2) is 11.9 Å². The van der Waals surface area contributed by atoms with E-state index >= 15 is 0 Å². The molecule has 0 unspecified atom stereocenters. The number of para-hydroxylation sites is 1. The molecular weight excluding hydrogens is 188 g/mol. The van der Waals surface area contributed by atoms with Crippen molar-refractivity contribution in [3.8, 4) is 5.75 Å². The van der Waals surface area contributed by atoms with E-state index in [0.29, 0.717) is 6.42 Å². The molecule has 0 saturated heterocycles. The lowest BCUT2D eigenvalue weighted by Gasteiger charge is -2.23. The van der Waals surface area contributed by atoms with Gasteiger partial charge in [-0.25, -0.2) is 0 Å². The molecule has 0 saturated carbocycles. The quantitative estimate of drug-likeness (QED) is 0.708. The highest BCUT2D eigenvalue weighted by Gasteiger charge is 2.13. The number of hydrogen-bond acceptors (Lipinski definition) is 2. The van der Waals surface area contributed by atoms with Crippen molar-refractivity contribution < 1.29 is 9.53 Å². The van der Waals surface area contributed by atoms with Crippen LogP contribution in [0.15, 0.2) is 24.3 Å².